The van der Waals surface area contributed by atoms with Gasteiger partial charge in [-0.05, 0) is 127 Å². The predicted molar refractivity (Wildman–Crippen MR) is 199 cm³/mol. The zero-order valence-corrected chi connectivity index (χ0v) is 29.4. The van der Waals surface area contributed by atoms with Gasteiger partial charge in [-0.2, -0.15) is 0 Å². The molecule has 2 aliphatic carbocycles. The SMILES string of the molecule is CCCn1ccc2ccc(Cc3ncc(C4CC4)cc3C(=O)O)cc21.CCCn1ccc2ccc(Cc3ncc(C4CC4)cc3C(C)=O)cc21. The number of fused-ring (bicyclic) bond motifs is 2. The summed E-state index contributed by atoms with van der Waals surface area (Å²) in [4.78, 5) is 32.9. The van der Waals surface area contributed by atoms with Gasteiger partial charge in [-0.15, -0.1) is 0 Å². The standard InChI is InChI=1S/C22H24N2O.C21H22N2O2/c1-3-9-24-10-8-18-5-4-16(12-22(18)24)11-21-20(15(2)25)13-19(14-23-21)17-6-7-17;1-2-8-23-9-7-16-4-3-14(11-20(16)23)10-19-18(21(24)25)12-17(13-22-19)15-5-6-15/h4-5,8,10,12-14,17H,3,6-7,9,11H2,1-2H3;3-4,7,9,11-13,15H,2,5-6,8,10H2,1H3,(H,24,25). The van der Waals surface area contributed by atoms with Crippen LogP contribution in [0.2, 0.25) is 0 Å². The molecular weight excluding hydrogens is 620 g/mol. The first kappa shape index (κ1) is 33.5. The van der Waals surface area contributed by atoms with E-state index in [-0.39, 0.29) is 5.78 Å². The zero-order valence-electron chi connectivity index (χ0n) is 29.4. The highest BCUT2D eigenvalue weighted by Gasteiger charge is 2.26. The monoisotopic (exact) mass is 666 g/mol. The second-order valence-corrected chi connectivity index (χ2v) is 14.1. The second kappa shape index (κ2) is 14.4. The van der Waals surface area contributed by atoms with Crippen LogP contribution in [0.15, 0.2) is 85.5 Å². The first-order valence-electron chi connectivity index (χ1n) is 18.2. The van der Waals surface area contributed by atoms with Gasteiger partial charge in [0.2, 0.25) is 0 Å². The van der Waals surface area contributed by atoms with Crippen LogP contribution in [0.4, 0.5) is 0 Å². The number of Topliss-reactive ketones (excluding diaryl/α,β-unsaturated/α-hetero) is 1. The van der Waals surface area contributed by atoms with Gasteiger partial charge in [0.15, 0.2) is 5.78 Å². The molecule has 0 bridgehead atoms. The number of rotatable bonds is 12. The summed E-state index contributed by atoms with van der Waals surface area (Å²) < 4.78 is 4.55. The van der Waals surface area contributed by atoms with Crippen molar-refractivity contribution in [1.82, 2.24) is 19.1 Å². The molecule has 4 aromatic heterocycles. The number of carbonyl (C=O) groups is 2. The fourth-order valence-electron chi connectivity index (χ4n) is 7.01. The molecule has 2 saturated carbocycles. The van der Waals surface area contributed by atoms with E-state index in [0.29, 0.717) is 35.9 Å². The molecule has 1 N–H and O–H groups in total. The van der Waals surface area contributed by atoms with Crippen molar-refractivity contribution in [2.45, 2.75) is 97.1 Å². The summed E-state index contributed by atoms with van der Waals surface area (Å²) in [6.07, 6.45) is 16.3. The Morgan fingerprint density at radius 2 is 1.14 bits per heavy atom. The van der Waals surface area contributed by atoms with E-state index in [0.717, 1.165) is 61.2 Å². The Bertz CT molecular complexity index is 2030. The van der Waals surface area contributed by atoms with Crippen molar-refractivity contribution in [2.24, 2.45) is 0 Å². The van der Waals surface area contributed by atoms with E-state index >= 15 is 0 Å². The number of carbonyl (C=O) groups excluding carboxylic acids is 1. The van der Waals surface area contributed by atoms with Crippen LogP contribution in [-0.2, 0) is 25.9 Å². The Morgan fingerprint density at radius 1 is 0.680 bits per heavy atom. The van der Waals surface area contributed by atoms with Crippen molar-refractivity contribution in [3.05, 3.63) is 130 Å². The Labute approximate surface area is 294 Å². The molecular formula is C43H46N4O3. The molecule has 0 aliphatic heterocycles. The van der Waals surface area contributed by atoms with E-state index in [1.807, 2.05) is 18.5 Å². The van der Waals surface area contributed by atoms with Gasteiger partial charge in [-0.3, -0.25) is 14.8 Å². The van der Waals surface area contributed by atoms with Gasteiger partial charge in [-0.1, -0.05) is 38.1 Å². The maximum absolute atomic E-state index is 12.1. The Hall–Kier alpha value is -5.04. The normalized spacial score (nSPS) is 14.1. The topological polar surface area (TPSA) is 90.0 Å². The fourth-order valence-corrected chi connectivity index (χ4v) is 7.01. The first-order valence-corrected chi connectivity index (χ1v) is 18.2. The van der Waals surface area contributed by atoms with E-state index in [4.69, 9.17) is 0 Å². The zero-order chi connectivity index (χ0) is 34.8. The van der Waals surface area contributed by atoms with Gasteiger partial charge in [0.25, 0.3) is 0 Å². The van der Waals surface area contributed by atoms with E-state index in [9.17, 15) is 14.7 Å². The predicted octanol–water partition coefficient (Wildman–Crippen LogP) is 9.73. The molecule has 0 radical (unpaired) electrons. The smallest absolute Gasteiger partial charge is 0.337 e. The highest BCUT2D eigenvalue weighted by molar-refractivity contribution is 5.95. The van der Waals surface area contributed by atoms with Crippen LogP contribution in [-0.4, -0.2) is 36.0 Å². The van der Waals surface area contributed by atoms with E-state index in [2.05, 4.69) is 99.9 Å². The Morgan fingerprint density at radius 3 is 1.56 bits per heavy atom. The molecule has 2 aromatic carbocycles. The maximum Gasteiger partial charge on any atom is 0.337 e. The second-order valence-electron chi connectivity index (χ2n) is 14.1. The molecule has 0 saturated heterocycles. The molecule has 0 unspecified atom stereocenters. The summed E-state index contributed by atoms with van der Waals surface area (Å²) in [7, 11) is 0. The number of hydrogen-bond donors (Lipinski definition) is 1. The van der Waals surface area contributed by atoms with Crippen LogP contribution >= 0.6 is 0 Å². The number of aryl methyl sites for hydroxylation is 2. The third-order valence-electron chi connectivity index (χ3n) is 10.0. The lowest BCUT2D eigenvalue weighted by atomic mass is 9.99. The van der Waals surface area contributed by atoms with Crippen molar-refractivity contribution >= 4 is 33.6 Å². The van der Waals surface area contributed by atoms with Gasteiger partial charge in [0.05, 0.1) is 17.0 Å². The average molecular weight is 667 g/mol. The highest BCUT2D eigenvalue weighted by atomic mass is 16.4. The number of carboxylic acids is 1. The third-order valence-corrected chi connectivity index (χ3v) is 10.0. The molecule has 2 aliphatic rings. The Balaban J connectivity index is 0.000000157. The van der Waals surface area contributed by atoms with Crippen molar-refractivity contribution in [2.75, 3.05) is 0 Å². The fraction of sp³-hybridized carbons (Fsp3) is 0.349. The number of aromatic nitrogens is 4. The van der Waals surface area contributed by atoms with E-state index in [1.165, 1.54) is 45.8 Å². The van der Waals surface area contributed by atoms with Crippen molar-refractivity contribution in [3.63, 3.8) is 0 Å². The summed E-state index contributed by atoms with van der Waals surface area (Å²) >= 11 is 0. The molecule has 7 nitrogen and oxygen atoms in total. The van der Waals surface area contributed by atoms with Crippen molar-refractivity contribution < 1.29 is 14.7 Å². The summed E-state index contributed by atoms with van der Waals surface area (Å²) in [5.41, 5.74) is 9.71. The summed E-state index contributed by atoms with van der Waals surface area (Å²) in [5, 5.41) is 12.1. The Kier molecular flexibility index (Phi) is 9.66. The first-order chi connectivity index (χ1) is 24.3. The molecule has 0 amide bonds. The van der Waals surface area contributed by atoms with Crippen molar-refractivity contribution in [1.29, 1.82) is 0 Å². The molecule has 8 rings (SSSR count). The van der Waals surface area contributed by atoms with Crippen LogP contribution in [0, 0.1) is 0 Å². The average Bonchev–Trinajstić information content (AvgIpc) is 4.06. The molecule has 2 fully saturated rings. The van der Waals surface area contributed by atoms with E-state index < -0.39 is 5.97 Å². The lowest BCUT2D eigenvalue weighted by molar-refractivity contribution is 0.0695. The van der Waals surface area contributed by atoms with Gasteiger partial charge < -0.3 is 14.2 Å². The molecule has 256 valence electrons. The molecule has 0 atom stereocenters. The number of nitrogens with zero attached hydrogens (tertiary/aromatic N) is 4. The number of pyridine rings is 2. The molecule has 6 aromatic rings. The number of ketones is 1. The largest absolute Gasteiger partial charge is 0.478 e. The number of hydrogen-bond acceptors (Lipinski definition) is 4. The van der Waals surface area contributed by atoms with Crippen molar-refractivity contribution in [3.8, 4) is 0 Å². The van der Waals surface area contributed by atoms with Crippen LogP contribution in [0.25, 0.3) is 21.8 Å². The maximum atomic E-state index is 12.1. The minimum absolute atomic E-state index is 0.112. The highest BCUT2D eigenvalue weighted by Crippen LogP contribution is 2.41. The molecule has 0 spiro atoms. The lowest BCUT2D eigenvalue weighted by Crippen LogP contribution is -2.07. The summed E-state index contributed by atoms with van der Waals surface area (Å²) in [5.74, 6) is 0.350. The molecule has 4 heterocycles. The summed E-state index contributed by atoms with van der Waals surface area (Å²) in [6.45, 7) is 8.02. The number of aromatic carboxylic acids is 1. The van der Waals surface area contributed by atoms with Gasteiger partial charge in [0.1, 0.15) is 0 Å². The van der Waals surface area contributed by atoms with Crippen LogP contribution in [0.3, 0.4) is 0 Å². The van der Waals surface area contributed by atoms with Crippen LogP contribution in [0.5, 0.6) is 0 Å². The van der Waals surface area contributed by atoms with Crippen LogP contribution < -0.4 is 0 Å². The third kappa shape index (κ3) is 7.42. The van der Waals surface area contributed by atoms with Crippen LogP contribution in [0.1, 0.15) is 125 Å². The van der Waals surface area contributed by atoms with Gasteiger partial charge in [0, 0.05) is 67.3 Å². The van der Waals surface area contributed by atoms with E-state index in [1.54, 1.807) is 6.92 Å². The quantitative estimate of drug-likeness (QED) is 0.131. The van der Waals surface area contributed by atoms with Gasteiger partial charge >= 0.3 is 5.97 Å². The number of carboxylic acid groups (broad SMARTS) is 1. The lowest BCUT2D eigenvalue weighted by Gasteiger charge is -2.10. The molecule has 7 heteroatoms. The molecule has 50 heavy (non-hydrogen) atoms. The minimum Gasteiger partial charge on any atom is -0.478 e. The number of benzene rings is 2. The minimum atomic E-state index is -0.888. The summed E-state index contributed by atoms with van der Waals surface area (Å²) in [6, 6.07) is 21.1. The van der Waals surface area contributed by atoms with Gasteiger partial charge in [-0.25, -0.2) is 4.79 Å².